The van der Waals surface area contributed by atoms with Gasteiger partial charge >= 0.3 is 163 Å². The van der Waals surface area contributed by atoms with Crippen LogP contribution in [0.25, 0.3) is 72.6 Å². The Morgan fingerprint density at radius 3 is 2.32 bits per heavy atom. The van der Waals surface area contributed by atoms with Crippen molar-refractivity contribution in [1.29, 1.82) is 0 Å². The maximum atomic E-state index is 6.23. The first-order chi connectivity index (χ1) is 30.9. The van der Waals surface area contributed by atoms with E-state index in [0.717, 1.165) is 79.3 Å². The number of aromatic nitrogens is 5. The van der Waals surface area contributed by atoms with Crippen LogP contribution in [0.2, 0.25) is 17.3 Å². The van der Waals surface area contributed by atoms with Crippen LogP contribution in [0.3, 0.4) is 0 Å². The second-order valence-corrected chi connectivity index (χ2v) is 29.9. The number of hydrogen-bond acceptors (Lipinski definition) is 5. The number of benzene rings is 4. The summed E-state index contributed by atoms with van der Waals surface area (Å²) in [5.41, 5.74) is 14.8. The molecular weight excluding hydrogens is 1040 g/mol. The van der Waals surface area contributed by atoms with Crippen LogP contribution in [0.1, 0.15) is 94.0 Å². The van der Waals surface area contributed by atoms with Crippen LogP contribution in [-0.4, -0.2) is 37.8 Å². The Hall–Kier alpha value is -5.21. The Morgan fingerprint density at radius 1 is 0.800 bits per heavy atom. The normalized spacial score (nSPS) is 13.4. The van der Waals surface area contributed by atoms with Crippen molar-refractivity contribution in [3.05, 3.63) is 156 Å². The summed E-state index contributed by atoms with van der Waals surface area (Å²) in [6.07, 6.45) is 15.3. The monoisotopic (exact) mass is 1100 g/mol. The molecule has 65 heavy (non-hydrogen) atoms. The van der Waals surface area contributed by atoms with Gasteiger partial charge < -0.3 is 14.0 Å². The van der Waals surface area contributed by atoms with Crippen molar-refractivity contribution in [3.63, 3.8) is 0 Å². The van der Waals surface area contributed by atoms with Gasteiger partial charge in [-0.3, -0.25) is 9.97 Å². The Morgan fingerprint density at radius 2 is 1.57 bits per heavy atom. The molecule has 0 N–H and O–H groups in total. The summed E-state index contributed by atoms with van der Waals surface area (Å²) in [4.78, 5) is 19.2. The van der Waals surface area contributed by atoms with E-state index in [1.54, 1.807) is 4.40 Å². The van der Waals surface area contributed by atoms with E-state index in [2.05, 4.69) is 175 Å². The van der Waals surface area contributed by atoms with Gasteiger partial charge in [0.05, 0.1) is 22.6 Å². The maximum Gasteiger partial charge on any atom is 0.141 e. The van der Waals surface area contributed by atoms with Crippen molar-refractivity contribution >= 4 is 50.8 Å². The molecule has 0 atom stereocenters. The number of pyridine rings is 3. The molecule has 10 rings (SSSR count). The molecule has 5 aromatic heterocycles. The predicted octanol–water partition coefficient (Wildman–Crippen LogP) is 14.6. The van der Waals surface area contributed by atoms with Crippen molar-refractivity contribution in [2.45, 2.75) is 102 Å². The summed E-state index contributed by atoms with van der Waals surface area (Å²) in [6.45, 7) is 11.0. The Bertz CT molecular complexity index is 3080. The van der Waals surface area contributed by atoms with Gasteiger partial charge in [-0.05, 0) is 47.7 Å². The summed E-state index contributed by atoms with van der Waals surface area (Å²) >= 11 is -1.91. The Labute approximate surface area is 401 Å². The summed E-state index contributed by atoms with van der Waals surface area (Å²) in [5.74, 6) is 9.92. The number of rotatable bonds is 9. The molecule has 0 unspecified atom stereocenters. The fourth-order valence-corrected chi connectivity index (χ4v) is 12.9. The molecule has 0 amide bonds. The van der Waals surface area contributed by atoms with Crippen LogP contribution in [0.5, 0.6) is 0 Å². The minimum absolute atomic E-state index is 0. The van der Waals surface area contributed by atoms with Crippen LogP contribution in [0.4, 0.5) is 0 Å². The minimum atomic E-state index is -1.91. The van der Waals surface area contributed by atoms with Gasteiger partial charge in [0.25, 0.3) is 0 Å². The van der Waals surface area contributed by atoms with E-state index in [4.69, 9.17) is 14.4 Å². The van der Waals surface area contributed by atoms with Crippen molar-refractivity contribution in [2.75, 3.05) is 0 Å². The molecule has 4 aromatic carbocycles. The molecule has 0 bridgehead atoms. The summed E-state index contributed by atoms with van der Waals surface area (Å²) in [6, 6.07) is 41.8. The van der Waals surface area contributed by atoms with Crippen molar-refractivity contribution < 1.29 is 24.5 Å². The SMILES string of the molecule is CC(C)Cc1cc(-c2[c-]ccc(C3CCCCC3)c2)nc[c]1[Ge]([CH3])([CH3])[CH3].Cc1nccc2c1nc(-c1[c-]nc3oc4c(C(C)C)cccc4c3c1)n2-c1ccccc1-c1ccccc1.[Ir]. The Kier molecular flexibility index (Phi) is 14.1. The van der Waals surface area contributed by atoms with E-state index >= 15 is 0 Å². The topological polar surface area (TPSA) is 69.6 Å². The molecule has 1 fully saturated rings. The van der Waals surface area contributed by atoms with E-state index in [1.807, 2.05) is 25.3 Å². The summed E-state index contributed by atoms with van der Waals surface area (Å²) in [7, 11) is 0. The predicted molar refractivity (Wildman–Crippen MR) is 268 cm³/mol. The molecule has 0 aliphatic heterocycles. The average molecular weight is 1090 g/mol. The number of fused-ring (bicyclic) bond motifs is 4. The van der Waals surface area contributed by atoms with Crippen LogP contribution in [-0.2, 0) is 26.5 Å². The number of furan rings is 1. The van der Waals surface area contributed by atoms with E-state index in [1.165, 1.54) is 54.4 Å². The number of aryl methyl sites for hydroxylation is 1. The van der Waals surface area contributed by atoms with Crippen molar-refractivity contribution in [1.82, 2.24) is 24.5 Å². The first-order valence-corrected chi connectivity index (χ1v) is 30.5. The van der Waals surface area contributed by atoms with Crippen molar-refractivity contribution in [3.8, 4) is 39.5 Å². The fourth-order valence-electron chi connectivity index (χ4n) is 9.57. The van der Waals surface area contributed by atoms with Gasteiger partial charge in [-0.15, -0.1) is 6.07 Å². The molecule has 8 heteroatoms. The number of nitrogens with zero attached hydrogens (tertiary/aromatic N) is 5. The third-order valence-electron chi connectivity index (χ3n) is 12.8. The van der Waals surface area contributed by atoms with Gasteiger partial charge in [-0.1, -0.05) is 86.1 Å². The Balaban J connectivity index is 0.000000188. The van der Waals surface area contributed by atoms with Gasteiger partial charge in [0.1, 0.15) is 11.3 Å². The smallest absolute Gasteiger partial charge is 0.141 e. The molecule has 5 heterocycles. The number of para-hydroxylation sites is 2. The molecule has 0 saturated heterocycles. The number of imidazole rings is 1. The molecule has 1 aliphatic carbocycles. The summed E-state index contributed by atoms with van der Waals surface area (Å²) in [5, 5.41) is 2.01. The van der Waals surface area contributed by atoms with E-state index in [9.17, 15) is 0 Å². The zero-order chi connectivity index (χ0) is 44.5. The van der Waals surface area contributed by atoms with Gasteiger partial charge in [0.15, 0.2) is 0 Å². The maximum absolute atomic E-state index is 6.23. The molecule has 9 aromatic rings. The third-order valence-corrected chi connectivity index (χ3v) is 17.1. The van der Waals surface area contributed by atoms with Crippen molar-refractivity contribution in [2.24, 2.45) is 5.92 Å². The fraction of sp³-hybridized carbons (Fsp3) is 0.298. The van der Waals surface area contributed by atoms with Gasteiger partial charge in [-0.25, -0.2) is 0 Å². The molecule has 6 nitrogen and oxygen atoms in total. The van der Waals surface area contributed by atoms with Crippen LogP contribution < -0.4 is 4.40 Å². The molecular formula is C57H59GeIrN5O-2. The zero-order valence-electron chi connectivity index (χ0n) is 39.0. The van der Waals surface area contributed by atoms with Gasteiger partial charge in [0.2, 0.25) is 0 Å². The first-order valence-electron chi connectivity index (χ1n) is 23.2. The minimum Gasteiger partial charge on any atom is -0.482 e. The standard InChI is InChI=1S/C33H25N4O.C24H34GeN.Ir/c1-20(2)24-13-9-14-26-27-18-23(19-35-33(27)38-31(24)26)32-36-30-21(3)34-17-16-29(30)37(32)28-15-8-7-12-25(28)22-10-5-4-6-11-22;1-18(2)14-22-16-24(26-17-23(22)25(3,4)5)21-13-9-12-20(15-21)19-10-7-6-8-11-19;/h4-18,20H,1-3H3;9,12,15-19H,6-8,10-11,14H2,1-5H3;/q2*-1;. The third kappa shape index (κ3) is 9.70. The molecule has 1 saturated carbocycles. The van der Waals surface area contributed by atoms with E-state index < -0.39 is 13.3 Å². The molecule has 0 spiro atoms. The van der Waals surface area contributed by atoms with Crippen LogP contribution in [0.15, 0.2) is 126 Å². The van der Waals surface area contributed by atoms with Crippen LogP contribution in [0, 0.1) is 25.1 Å². The van der Waals surface area contributed by atoms with Gasteiger partial charge in [-0.2, -0.15) is 0 Å². The molecule has 1 aliphatic rings. The van der Waals surface area contributed by atoms with E-state index in [0.29, 0.717) is 17.5 Å². The quantitative estimate of drug-likeness (QED) is 0.106. The second-order valence-electron chi connectivity index (χ2n) is 19.3. The van der Waals surface area contributed by atoms with Crippen LogP contribution >= 0.6 is 0 Å². The molecule has 1 radical (unpaired) electrons. The first kappa shape index (κ1) is 46.3. The average Bonchev–Trinajstić information content (AvgIpc) is 3.89. The molecule has 333 valence electrons. The second kappa shape index (κ2) is 19.7. The number of hydrogen-bond donors (Lipinski definition) is 0. The summed E-state index contributed by atoms with van der Waals surface area (Å²) < 4.78 is 9.99. The largest absolute Gasteiger partial charge is 0.482 e. The zero-order valence-corrected chi connectivity index (χ0v) is 43.5. The van der Waals surface area contributed by atoms with Gasteiger partial charge in [0, 0.05) is 42.9 Å². The van der Waals surface area contributed by atoms with E-state index in [-0.39, 0.29) is 20.1 Å².